The van der Waals surface area contributed by atoms with E-state index in [1.807, 2.05) is 0 Å². The first-order valence-electron chi connectivity index (χ1n) is 6.97. The molecule has 0 aromatic rings. The highest BCUT2D eigenvalue weighted by molar-refractivity contribution is 7.86. The molecular weight excluding hydrogens is 232 g/mol. The topological polar surface area (TPSA) is 86.7 Å². The van der Waals surface area contributed by atoms with Crippen LogP contribution in [-0.4, -0.2) is 42.5 Å². The van der Waals surface area contributed by atoms with Gasteiger partial charge >= 0.3 is 0 Å². The van der Waals surface area contributed by atoms with E-state index >= 15 is 0 Å². The van der Waals surface area contributed by atoms with Gasteiger partial charge < -0.3 is 0 Å². The van der Waals surface area contributed by atoms with Crippen molar-refractivity contribution < 1.29 is 36.2 Å². The summed E-state index contributed by atoms with van der Waals surface area (Å²) in [5, 5.41) is 0. The second-order valence-corrected chi connectivity index (χ2v) is 5.18. The van der Waals surface area contributed by atoms with E-state index in [1.165, 1.54) is 0 Å². The molecule has 0 amide bonds. The molecule has 0 aliphatic rings. The lowest BCUT2D eigenvalue weighted by Crippen LogP contribution is -2.07. The fraction of sp³-hybridized carbons (Fsp3) is 1.00. The van der Waals surface area contributed by atoms with Gasteiger partial charge in [-0.3, -0.25) is 8.37 Å². The molecule has 86 valence electrons. The van der Waals surface area contributed by atoms with Crippen molar-refractivity contribution in [2.75, 3.05) is 25.6 Å². The molecule has 0 saturated carbocycles. The van der Waals surface area contributed by atoms with E-state index in [4.69, 9.17) is 11.0 Å². The van der Waals surface area contributed by atoms with Crippen LogP contribution in [-0.2, 0) is 28.6 Å². The van der Waals surface area contributed by atoms with Gasteiger partial charge in [-0.15, -0.1) is 0 Å². The van der Waals surface area contributed by atoms with Crippen LogP contribution in [0.3, 0.4) is 0 Å². The van der Waals surface area contributed by atoms with Crippen molar-refractivity contribution in [2.24, 2.45) is 0 Å². The molecule has 0 saturated heterocycles. The fourth-order valence-corrected chi connectivity index (χ4v) is 0.630. The Morgan fingerprint density at radius 3 is 1.43 bits per heavy atom. The van der Waals surface area contributed by atoms with Crippen LogP contribution in [0.15, 0.2) is 0 Å². The third-order valence-corrected chi connectivity index (χ3v) is 1.32. The Morgan fingerprint density at radius 2 is 1.21 bits per heavy atom. The van der Waals surface area contributed by atoms with Crippen LogP contribution in [0, 0.1) is 0 Å². The van der Waals surface area contributed by atoms with E-state index in [2.05, 4.69) is 8.37 Å². The van der Waals surface area contributed by atoms with Crippen LogP contribution < -0.4 is 0 Å². The SMILES string of the molecule is [2H]C([2H])(OS(C)(=O)=O)C([2H])([2H])C([2H])([2H])C([2H])([2H])OS(C)(=O)=O. The molecule has 0 aliphatic carbocycles. The van der Waals surface area contributed by atoms with E-state index in [0.29, 0.717) is 12.5 Å². The molecule has 0 aromatic heterocycles. The van der Waals surface area contributed by atoms with Gasteiger partial charge in [-0.2, -0.15) is 16.8 Å². The van der Waals surface area contributed by atoms with Gasteiger partial charge in [0.25, 0.3) is 20.2 Å². The van der Waals surface area contributed by atoms with Crippen LogP contribution in [0.1, 0.15) is 23.7 Å². The third kappa shape index (κ3) is 11.8. The highest BCUT2D eigenvalue weighted by Gasteiger charge is 2.02. The lowest BCUT2D eigenvalue weighted by molar-refractivity contribution is 0.273. The maximum atomic E-state index is 10.9. The summed E-state index contributed by atoms with van der Waals surface area (Å²) in [6.45, 7) is -7.70. The number of hydrogen-bond donors (Lipinski definition) is 0. The lowest BCUT2D eigenvalue weighted by atomic mass is 10.3. The van der Waals surface area contributed by atoms with Gasteiger partial charge in [0, 0.05) is 5.48 Å². The Labute approximate surface area is 95.7 Å². The Kier molecular flexibility index (Phi) is 2.11. The van der Waals surface area contributed by atoms with E-state index in [1.54, 1.807) is 0 Å². The van der Waals surface area contributed by atoms with Crippen molar-refractivity contribution in [1.29, 1.82) is 0 Å². The summed E-state index contributed by atoms with van der Waals surface area (Å²) in [5.74, 6) is 0. The van der Waals surface area contributed by atoms with E-state index in [0.717, 1.165) is 0 Å². The predicted molar refractivity (Wildman–Crippen MR) is 50.8 cm³/mol. The zero-order valence-corrected chi connectivity index (χ0v) is 8.90. The van der Waals surface area contributed by atoms with E-state index in [-0.39, 0.29) is 0 Å². The van der Waals surface area contributed by atoms with E-state index in [9.17, 15) is 16.8 Å². The second kappa shape index (κ2) is 5.64. The average Bonchev–Trinajstić information content (AvgIpc) is 2.08. The van der Waals surface area contributed by atoms with Gasteiger partial charge in [0.1, 0.15) is 0 Å². The summed E-state index contributed by atoms with van der Waals surface area (Å²) >= 11 is 0. The van der Waals surface area contributed by atoms with Crippen molar-refractivity contribution in [2.45, 2.75) is 12.7 Å². The first-order valence-corrected chi connectivity index (χ1v) is 6.61. The van der Waals surface area contributed by atoms with Gasteiger partial charge in [-0.1, -0.05) is 0 Å². The number of rotatable bonds is 7. The molecule has 8 heteroatoms. The van der Waals surface area contributed by atoms with Gasteiger partial charge in [0.05, 0.1) is 31.1 Å². The lowest BCUT2D eigenvalue weighted by Gasteiger charge is -2.01. The van der Waals surface area contributed by atoms with Crippen molar-refractivity contribution in [3.63, 3.8) is 0 Å². The average molecular weight is 254 g/mol. The van der Waals surface area contributed by atoms with Crippen molar-refractivity contribution in [1.82, 2.24) is 0 Å². The molecule has 0 bridgehead atoms. The summed E-state index contributed by atoms with van der Waals surface area (Å²) < 4.78 is 110. The molecule has 6 nitrogen and oxygen atoms in total. The third-order valence-electron chi connectivity index (χ3n) is 0.551. The summed E-state index contributed by atoms with van der Waals surface area (Å²) in [6.07, 6.45) is -7.15. The second-order valence-electron chi connectivity index (χ2n) is 2.03. The van der Waals surface area contributed by atoms with Crippen molar-refractivity contribution in [3.05, 3.63) is 0 Å². The molecule has 0 unspecified atom stereocenters. The molecule has 0 radical (unpaired) electrons. The zero-order valence-electron chi connectivity index (χ0n) is 15.3. The van der Waals surface area contributed by atoms with Gasteiger partial charge in [-0.25, -0.2) is 0 Å². The van der Waals surface area contributed by atoms with Crippen LogP contribution in [0.25, 0.3) is 0 Å². The first kappa shape index (κ1) is 5.24. The monoisotopic (exact) mass is 254 g/mol. The minimum Gasteiger partial charge on any atom is -0.270 e. The molecule has 0 fully saturated rings. The summed E-state index contributed by atoms with van der Waals surface area (Å²) in [6, 6.07) is 0. The minimum atomic E-state index is -4.57. The molecule has 0 aliphatic heterocycles. The molecule has 0 heterocycles. The molecule has 0 aromatic carbocycles. The quantitative estimate of drug-likeness (QED) is 0.581. The Morgan fingerprint density at radius 1 is 0.929 bits per heavy atom. The van der Waals surface area contributed by atoms with Crippen LogP contribution >= 0.6 is 0 Å². The maximum Gasteiger partial charge on any atom is 0.264 e. The zero-order chi connectivity index (χ0) is 18.4. The van der Waals surface area contributed by atoms with Gasteiger partial charge in [-0.05, 0) is 12.7 Å². The fourth-order valence-electron chi connectivity index (χ4n) is 0.244. The highest BCUT2D eigenvalue weighted by Crippen LogP contribution is 1.96. The van der Waals surface area contributed by atoms with Crippen molar-refractivity contribution in [3.8, 4) is 0 Å². The Bertz CT molecular complexity index is 568. The Hall–Kier alpha value is -0.180. The summed E-state index contributed by atoms with van der Waals surface area (Å²) in [7, 11) is -9.14. The predicted octanol–water partition coefficient (Wildman–Crippen LogP) is -0.281. The van der Waals surface area contributed by atoms with Crippen LogP contribution in [0.4, 0.5) is 0 Å². The van der Waals surface area contributed by atoms with Crippen molar-refractivity contribution >= 4 is 20.2 Å². The highest BCUT2D eigenvalue weighted by atomic mass is 32.2. The largest absolute Gasteiger partial charge is 0.270 e. The molecule has 0 rings (SSSR count). The molecule has 0 N–H and O–H groups in total. The molecule has 0 atom stereocenters. The molecule has 14 heavy (non-hydrogen) atoms. The molecular formula is C6H14O6S2. The Balaban J connectivity index is 5.95. The van der Waals surface area contributed by atoms with Crippen LogP contribution in [0.5, 0.6) is 0 Å². The minimum absolute atomic E-state index is 0.373. The summed E-state index contributed by atoms with van der Waals surface area (Å²) in [4.78, 5) is 0. The van der Waals surface area contributed by atoms with E-state index < -0.39 is 46.1 Å². The van der Waals surface area contributed by atoms with Gasteiger partial charge in [0.15, 0.2) is 0 Å². The smallest absolute Gasteiger partial charge is 0.264 e. The maximum absolute atomic E-state index is 10.9. The van der Waals surface area contributed by atoms with Crippen LogP contribution in [0.2, 0.25) is 0 Å². The normalized spacial score (nSPS) is 25.6. The van der Waals surface area contributed by atoms with Gasteiger partial charge in [0.2, 0.25) is 0 Å². The summed E-state index contributed by atoms with van der Waals surface area (Å²) in [5.41, 5.74) is 0. The standard InChI is InChI=1S/C6H14O6S2/c1-13(7,8)11-5-3-4-6-12-14(2,9)10/h3-6H2,1-2H3/i3D2,4D2,5D2,6D2. The number of hydrogen-bond acceptors (Lipinski definition) is 6. The first-order chi connectivity index (χ1) is 9.16. The molecule has 0 spiro atoms.